The minimum atomic E-state index is 0.739. The van der Waals surface area contributed by atoms with Crippen LogP contribution >= 0.6 is 0 Å². The Balaban J connectivity index is 1.47. The lowest BCUT2D eigenvalue weighted by Crippen LogP contribution is -2.44. The fourth-order valence-corrected chi connectivity index (χ4v) is 3.33. The Morgan fingerprint density at radius 1 is 0.821 bits per heavy atom. The first-order chi connectivity index (χ1) is 13.6. The quantitative estimate of drug-likeness (QED) is 0.752. The smallest absolute Gasteiger partial charge is 0.135 e. The molecule has 0 amide bonds. The Kier molecular flexibility index (Phi) is 5.21. The second-order valence-corrected chi connectivity index (χ2v) is 7.40. The van der Waals surface area contributed by atoms with E-state index in [-0.39, 0.29) is 0 Å². The van der Waals surface area contributed by atoms with E-state index in [0.717, 1.165) is 54.8 Å². The van der Waals surface area contributed by atoms with E-state index < -0.39 is 0 Å². The van der Waals surface area contributed by atoms with Gasteiger partial charge in [0.15, 0.2) is 0 Å². The molecule has 28 heavy (non-hydrogen) atoms. The molecule has 0 aliphatic carbocycles. The van der Waals surface area contributed by atoms with Gasteiger partial charge in [0.25, 0.3) is 0 Å². The lowest BCUT2D eigenvalue weighted by molar-refractivity contribution is 0.313. The molecule has 6 nitrogen and oxygen atoms in total. The van der Waals surface area contributed by atoms with Crippen molar-refractivity contribution >= 4 is 17.3 Å². The molecule has 1 N–H and O–H groups in total. The van der Waals surface area contributed by atoms with Gasteiger partial charge in [-0.05, 0) is 50.2 Å². The van der Waals surface area contributed by atoms with Gasteiger partial charge in [0.05, 0.1) is 17.6 Å². The molecule has 0 atom stereocenters. The van der Waals surface area contributed by atoms with Gasteiger partial charge in [0.1, 0.15) is 18.0 Å². The molecule has 1 fully saturated rings. The van der Waals surface area contributed by atoms with E-state index in [4.69, 9.17) is 0 Å². The lowest BCUT2D eigenvalue weighted by atomic mass is 10.0. The highest BCUT2D eigenvalue weighted by atomic mass is 15.2. The van der Waals surface area contributed by atoms with Gasteiger partial charge in [-0.3, -0.25) is 0 Å². The maximum atomic E-state index is 4.57. The SMILES string of the molecule is Cc1ccc(-c2cc(Nc3ccc(N4CCN(C)CC4)cn3)ncn2)cc1C. The number of anilines is 3. The maximum Gasteiger partial charge on any atom is 0.135 e. The van der Waals surface area contributed by atoms with Crippen LogP contribution in [-0.4, -0.2) is 53.1 Å². The zero-order valence-corrected chi connectivity index (χ0v) is 16.7. The first-order valence-corrected chi connectivity index (χ1v) is 9.65. The van der Waals surface area contributed by atoms with Crippen molar-refractivity contribution < 1.29 is 0 Å². The number of hydrogen-bond acceptors (Lipinski definition) is 6. The Morgan fingerprint density at radius 3 is 2.36 bits per heavy atom. The van der Waals surface area contributed by atoms with Crippen molar-refractivity contribution in [2.75, 3.05) is 43.4 Å². The molecule has 3 heterocycles. The number of rotatable bonds is 4. The van der Waals surface area contributed by atoms with Crippen molar-refractivity contribution in [3.05, 3.63) is 60.0 Å². The Labute approximate surface area is 166 Å². The first kappa shape index (κ1) is 18.4. The van der Waals surface area contributed by atoms with E-state index in [1.165, 1.54) is 11.1 Å². The zero-order chi connectivity index (χ0) is 19.5. The Hall–Kier alpha value is -2.99. The highest BCUT2D eigenvalue weighted by Crippen LogP contribution is 2.23. The average Bonchev–Trinajstić information content (AvgIpc) is 2.71. The van der Waals surface area contributed by atoms with Gasteiger partial charge in [-0.2, -0.15) is 0 Å². The molecule has 2 aromatic heterocycles. The topological polar surface area (TPSA) is 57.2 Å². The minimum Gasteiger partial charge on any atom is -0.368 e. The van der Waals surface area contributed by atoms with Gasteiger partial charge in [-0.1, -0.05) is 12.1 Å². The molecule has 1 aliphatic heterocycles. The Bertz CT molecular complexity index is 945. The highest BCUT2D eigenvalue weighted by molar-refractivity contribution is 5.65. The maximum absolute atomic E-state index is 4.57. The summed E-state index contributed by atoms with van der Waals surface area (Å²) in [6, 6.07) is 12.5. The molecule has 1 aromatic carbocycles. The van der Waals surface area contributed by atoms with Crippen molar-refractivity contribution in [1.29, 1.82) is 0 Å². The van der Waals surface area contributed by atoms with E-state index in [2.05, 4.69) is 75.2 Å². The summed E-state index contributed by atoms with van der Waals surface area (Å²) in [4.78, 5) is 18.1. The monoisotopic (exact) mass is 374 g/mol. The summed E-state index contributed by atoms with van der Waals surface area (Å²) in [5, 5.41) is 3.29. The largest absolute Gasteiger partial charge is 0.368 e. The van der Waals surface area contributed by atoms with Crippen LogP contribution in [0.2, 0.25) is 0 Å². The number of pyridine rings is 1. The number of nitrogens with one attached hydrogen (secondary N) is 1. The number of nitrogens with zero attached hydrogens (tertiary/aromatic N) is 5. The summed E-state index contributed by atoms with van der Waals surface area (Å²) < 4.78 is 0. The Morgan fingerprint density at radius 2 is 1.64 bits per heavy atom. The third-order valence-corrected chi connectivity index (χ3v) is 5.34. The van der Waals surface area contributed by atoms with E-state index in [1.807, 2.05) is 18.3 Å². The van der Waals surface area contributed by atoms with Crippen LogP contribution in [-0.2, 0) is 0 Å². The molecule has 1 aliphatic rings. The molecule has 0 spiro atoms. The predicted octanol–water partition coefficient (Wildman–Crippen LogP) is 3.65. The second-order valence-electron chi connectivity index (χ2n) is 7.40. The summed E-state index contributed by atoms with van der Waals surface area (Å²) in [5.74, 6) is 1.52. The van der Waals surface area contributed by atoms with Gasteiger partial charge >= 0.3 is 0 Å². The van der Waals surface area contributed by atoms with Crippen molar-refractivity contribution in [2.24, 2.45) is 0 Å². The van der Waals surface area contributed by atoms with Crippen LogP contribution in [0.4, 0.5) is 17.3 Å². The zero-order valence-electron chi connectivity index (χ0n) is 16.7. The molecule has 0 bridgehead atoms. The number of piperazine rings is 1. The number of aryl methyl sites for hydroxylation is 2. The first-order valence-electron chi connectivity index (χ1n) is 9.65. The van der Waals surface area contributed by atoms with E-state index in [0.29, 0.717) is 0 Å². The third kappa shape index (κ3) is 4.12. The van der Waals surface area contributed by atoms with Crippen LogP contribution in [0.25, 0.3) is 11.3 Å². The summed E-state index contributed by atoms with van der Waals surface area (Å²) in [5.41, 5.74) is 5.69. The molecule has 1 saturated heterocycles. The third-order valence-electron chi connectivity index (χ3n) is 5.34. The van der Waals surface area contributed by atoms with Crippen LogP contribution < -0.4 is 10.2 Å². The molecule has 144 valence electrons. The molecular weight excluding hydrogens is 348 g/mol. The van der Waals surface area contributed by atoms with Gasteiger partial charge < -0.3 is 15.1 Å². The van der Waals surface area contributed by atoms with Gasteiger partial charge in [-0.15, -0.1) is 0 Å². The van der Waals surface area contributed by atoms with Crippen LogP contribution in [0, 0.1) is 13.8 Å². The second kappa shape index (κ2) is 7.94. The van der Waals surface area contributed by atoms with E-state index in [9.17, 15) is 0 Å². The molecule has 4 rings (SSSR count). The molecule has 0 saturated carbocycles. The highest BCUT2D eigenvalue weighted by Gasteiger charge is 2.14. The van der Waals surface area contributed by atoms with Crippen LogP contribution in [0.5, 0.6) is 0 Å². The van der Waals surface area contributed by atoms with Crippen molar-refractivity contribution in [3.63, 3.8) is 0 Å². The van der Waals surface area contributed by atoms with Crippen molar-refractivity contribution in [1.82, 2.24) is 19.9 Å². The lowest BCUT2D eigenvalue weighted by Gasteiger charge is -2.33. The summed E-state index contributed by atoms with van der Waals surface area (Å²) in [7, 11) is 2.16. The summed E-state index contributed by atoms with van der Waals surface area (Å²) >= 11 is 0. The molecule has 0 unspecified atom stereocenters. The normalized spacial score (nSPS) is 14.9. The van der Waals surface area contributed by atoms with Crippen LogP contribution in [0.3, 0.4) is 0 Å². The minimum absolute atomic E-state index is 0.739. The number of benzene rings is 1. The summed E-state index contributed by atoms with van der Waals surface area (Å²) in [6.45, 7) is 8.48. The fraction of sp³-hybridized carbons (Fsp3) is 0.318. The number of likely N-dealkylation sites (N-methyl/N-ethyl adjacent to an activating group) is 1. The van der Waals surface area contributed by atoms with Crippen LogP contribution in [0.15, 0.2) is 48.9 Å². The standard InChI is InChI=1S/C22H26N6/c1-16-4-5-18(12-17(16)2)20-13-22(25-15-24-20)26-21-7-6-19(14-23-21)28-10-8-27(3)9-11-28/h4-7,12-15H,8-11H2,1-3H3,(H,23,24,25,26). The molecule has 0 radical (unpaired) electrons. The van der Waals surface area contributed by atoms with E-state index in [1.54, 1.807) is 6.33 Å². The van der Waals surface area contributed by atoms with Crippen molar-refractivity contribution in [2.45, 2.75) is 13.8 Å². The molecular formula is C22H26N6. The van der Waals surface area contributed by atoms with E-state index >= 15 is 0 Å². The fourth-order valence-electron chi connectivity index (χ4n) is 3.33. The number of hydrogen-bond donors (Lipinski definition) is 1. The van der Waals surface area contributed by atoms with Crippen molar-refractivity contribution in [3.8, 4) is 11.3 Å². The predicted molar refractivity (Wildman–Crippen MR) is 114 cm³/mol. The van der Waals surface area contributed by atoms with Gasteiger partial charge in [0.2, 0.25) is 0 Å². The summed E-state index contributed by atoms with van der Waals surface area (Å²) in [6.07, 6.45) is 3.52. The number of aromatic nitrogens is 3. The molecule has 6 heteroatoms. The van der Waals surface area contributed by atoms with Gasteiger partial charge in [0, 0.05) is 37.8 Å². The van der Waals surface area contributed by atoms with Gasteiger partial charge in [-0.25, -0.2) is 15.0 Å². The van der Waals surface area contributed by atoms with Crippen LogP contribution in [0.1, 0.15) is 11.1 Å². The average molecular weight is 374 g/mol. The molecule has 3 aromatic rings.